The Morgan fingerprint density at radius 2 is 0.375 bits per heavy atom. The molecular weight excluding hydrogens is 488 g/mol. The van der Waals surface area contributed by atoms with Crippen molar-refractivity contribution in [2.75, 3.05) is 0 Å². The number of hydrogen-bond acceptors (Lipinski definition) is 15. The van der Waals surface area contributed by atoms with Crippen LogP contribution >= 0.6 is 0 Å². The third-order valence-corrected chi connectivity index (χ3v) is 0. The molecular formula is H16B5BaF3O15. The van der Waals surface area contributed by atoms with Gasteiger partial charge in [-0.25, -0.2) is 0 Å². The smallest absolute Gasteiger partial charge is 0.871 e. The zero-order valence-electron chi connectivity index (χ0n) is 11.4. The Balaban J connectivity index is -0.0000000161. The summed E-state index contributed by atoms with van der Waals surface area (Å²) in [7, 11) is -11.3. The molecule has 0 bridgehead atoms. The molecule has 24 heteroatoms. The Bertz CT molecular complexity index is 93.7. The van der Waals surface area contributed by atoms with E-state index in [0.717, 1.165) is 0 Å². The summed E-state index contributed by atoms with van der Waals surface area (Å²) in [4.78, 5) is 0. The Morgan fingerprint density at radius 1 is 0.375 bits per heavy atom. The Hall–Kier alpha value is 1.09. The monoisotopic (exact) mass is 506 g/mol. The normalized spacial score (nSPS) is 5.62. The van der Waals surface area contributed by atoms with Gasteiger partial charge in [0.05, 0.1) is 7.32 Å². The first kappa shape index (κ1) is 56.2. The van der Waals surface area contributed by atoms with Crippen LogP contribution in [0.4, 0.5) is 14.1 Å². The second kappa shape index (κ2) is 49.6. The third kappa shape index (κ3) is 9550. The van der Waals surface area contributed by atoms with Gasteiger partial charge in [-0.2, -0.15) is 0 Å². The maximum atomic E-state index is 8.53. The molecule has 0 saturated carbocycles. The second-order valence-electron chi connectivity index (χ2n) is 1.69. The van der Waals surface area contributed by atoms with Gasteiger partial charge in [0.1, 0.15) is 0 Å². The summed E-state index contributed by atoms with van der Waals surface area (Å²) in [5, 5.41) is 110. The van der Waals surface area contributed by atoms with Crippen molar-refractivity contribution in [3.05, 3.63) is 0 Å². The maximum Gasteiger partial charge on any atom is 2.00 e. The topological polar surface area (TPSA) is 309 Å². The molecule has 15 nitrogen and oxygen atoms in total. The summed E-state index contributed by atoms with van der Waals surface area (Å²) in [5.74, 6) is 0. The predicted molar refractivity (Wildman–Crippen MR) is 70.9 cm³/mol. The second-order valence-corrected chi connectivity index (χ2v) is 1.69. The first-order chi connectivity index (χ1) is 8.66. The molecule has 0 amide bonds. The molecule has 0 rings (SSSR count). The van der Waals surface area contributed by atoms with Crippen molar-refractivity contribution in [1.29, 1.82) is 0 Å². The van der Waals surface area contributed by atoms with Crippen molar-refractivity contribution < 1.29 is 89.5 Å². The first-order valence-electron chi connectivity index (χ1n) is 3.83. The molecule has 0 aliphatic rings. The minimum atomic E-state index is -2.67. The summed E-state index contributed by atoms with van der Waals surface area (Å²) in [5.41, 5.74) is 0. The molecule has 0 unspecified atom stereocenters. The van der Waals surface area contributed by atoms with Crippen LogP contribution in [0, 0.1) is 0 Å². The van der Waals surface area contributed by atoms with Crippen LogP contribution in [0.25, 0.3) is 0 Å². The van der Waals surface area contributed by atoms with E-state index >= 15 is 0 Å². The molecule has 0 aromatic rings. The molecule has 0 spiro atoms. The average Bonchev–Trinajstić information content (AvgIpc) is 1.94. The van der Waals surface area contributed by atoms with Crippen molar-refractivity contribution in [3.8, 4) is 0 Å². The van der Waals surface area contributed by atoms with Gasteiger partial charge in [0.15, 0.2) is 0 Å². The summed E-state index contributed by atoms with van der Waals surface area (Å²) in [6, 6.07) is 0. The summed E-state index contributed by atoms with van der Waals surface area (Å²) < 4.78 is 0. The van der Waals surface area contributed by atoms with Gasteiger partial charge in [0.25, 0.3) is 0 Å². The molecule has 0 aromatic carbocycles. The summed E-state index contributed by atoms with van der Waals surface area (Å²) in [6.45, 7) is 0. The molecule has 0 aliphatic carbocycles. The minimum absolute atomic E-state index is 0. The molecule has 0 atom stereocenters. The fourth-order valence-corrected chi connectivity index (χ4v) is 0. The van der Waals surface area contributed by atoms with E-state index in [2.05, 4.69) is 0 Å². The largest absolute Gasteiger partial charge is 2.00 e. The van der Waals surface area contributed by atoms with E-state index in [1.54, 1.807) is 0 Å². The van der Waals surface area contributed by atoms with Crippen LogP contribution in [0.1, 0.15) is 0 Å². The van der Waals surface area contributed by atoms with Gasteiger partial charge < -0.3 is 75.4 Å². The van der Waals surface area contributed by atoms with Crippen molar-refractivity contribution in [3.63, 3.8) is 0 Å². The van der Waals surface area contributed by atoms with Crippen LogP contribution < -0.4 is 10.0 Å². The van der Waals surface area contributed by atoms with Crippen LogP contribution in [0.5, 0.6) is 0 Å². The summed E-state index contributed by atoms with van der Waals surface area (Å²) in [6.07, 6.45) is 0. The van der Waals surface area contributed by atoms with Crippen molar-refractivity contribution in [2.45, 2.75) is 0 Å². The van der Waals surface area contributed by atoms with Crippen LogP contribution in [0.3, 0.4) is 0 Å². The molecule has 0 saturated heterocycles. The first-order valence-corrected chi connectivity index (χ1v) is 3.83. The Labute approximate surface area is 174 Å². The van der Waals surface area contributed by atoms with Gasteiger partial charge in [-0.1, -0.05) is 0 Å². The van der Waals surface area contributed by atoms with E-state index in [0.29, 0.717) is 0 Å². The van der Waals surface area contributed by atoms with Crippen LogP contribution in [0.2, 0.25) is 0 Å². The van der Waals surface area contributed by atoms with E-state index in [9.17, 15) is 0 Å². The SMILES string of the molecule is F.F.F.OB(O)O.OB(O)O.OB(O)O.OB(O)O.[Ba+2].[O-]B([O-])O. The van der Waals surface area contributed by atoms with Gasteiger partial charge in [-0.15, -0.1) is 0 Å². The van der Waals surface area contributed by atoms with Gasteiger partial charge in [-0.3, -0.25) is 14.1 Å². The molecule has 13 N–H and O–H groups in total. The standard InChI is InChI=1S/4BH3O3.BHO3.Ba.3FH/c5*2-1(3)4;;;;/h4*2-4H;2H;;3*1H/q;;;;-2;+2;;;. The predicted octanol–water partition coefficient (Wildman–Crippen LogP) is -11.4. The molecule has 0 heterocycles. The minimum Gasteiger partial charge on any atom is -0.871 e. The molecule has 0 aromatic heterocycles. The van der Waals surface area contributed by atoms with Gasteiger partial charge in [-0.05, 0) is 0 Å². The van der Waals surface area contributed by atoms with Gasteiger partial charge in [0.2, 0.25) is 0 Å². The number of rotatable bonds is 0. The van der Waals surface area contributed by atoms with Crippen LogP contribution in [-0.2, 0) is 0 Å². The van der Waals surface area contributed by atoms with E-state index in [-0.39, 0.29) is 63.0 Å². The average molecular weight is 504 g/mol. The summed E-state index contributed by atoms with van der Waals surface area (Å²) >= 11 is 0. The van der Waals surface area contributed by atoms with E-state index in [1.807, 2.05) is 0 Å². The zero-order valence-corrected chi connectivity index (χ0v) is 15.9. The van der Waals surface area contributed by atoms with Crippen LogP contribution in [0.15, 0.2) is 0 Å². The van der Waals surface area contributed by atoms with E-state index in [4.69, 9.17) is 75.4 Å². The Morgan fingerprint density at radius 3 is 0.375 bits per heavy atom. The van der Waals surface area contributed by atoms with Crippen molar-refractivity contribution in [1.82, 2.24) is 0 Å². The zero-order chi connectivity index (χ0) is 17.9. The fourth-order valence-electron chi connectivity index (χ4n) is 0. The molecule has 0 aliphatic heterocycles. The van der Waals surface area contributed by atoms with Crippen molar-refractivity contribution in [2.24, 2.45) is 0 Å². The van der Waals surface area contributed by atoms with Crippen LogP contribution in [-0.4, -0.2) is 151 Å². The fraction of sp³-hybridized carbons (Fsp3) is 0. The number of halogens is 3. The van der Waals surface area contributed by atoms with Gasteiger partial charge >= 0.3 is 78.2 Å². The third-order valence-electron chi connectivity index (χ3n) is 0. The molecule has 24 heavy (non-hydrogen) atoms. The maximum absolute atomic E-state index is 8.53. The van der Waals surface area contributed by atoms with E-state index in [1.165, 1.54) is 0 Å². The van der Waals surface area contributed by atoms with E-state index < -0.39 is 36.6 Å². The quantitative estimate of drug-likeness (QED) is 0.136. The number of hydrogen-bond donors (Lipinski definition) is 13. The molecule has 0 fully saturated rings. The Kier molecular flexibility index (Phi) is 116. The van der Waals surface area contributed by atoms with Gasteiger partial charge in [0, 0.05) is 0 Å². The van der Waals surface area contributed by atoms with Crippen molar-refractivity contribution >= 4 is 85.5 Å². The molecule has 144 valence electrons. The molecule has 0 radical (unpaired) electrons.